The van der Waals surface area contributed by atoms with Gasteiger partial charge >= 0.3 is 0 Å². The maximum Gasteiger partial charge on any atom is 0.172 e. The van der Waals surface area contributed by atoms with Gasteiger partial charge in [0.15, 0.2) is 5.06 Å². The number of thiophene rings is 1. The predicted molar refractivity (Wildman–Crippen MR) is 45.2 cm³/mol. The van der Waals surface area contributed by atoms with E-state index in [2.05, 4.69) is 0 Å². The summed E-state index contributed by atoms with van der Waals surface area (Å²) in [5, 5.41) is 19.5. The average molecular weight is 166 g/mol. The lowest BCUT2D eigenvalue weighted by Gasteiger charge is -1.90. The molecule has 0 radical (unpaired) electrons. The summed E-state index contributed by atoms with van der Waals surface area (Å²) < 4.78 is 0.741. The van der Waals surface area contributed by atoms with Crippen LogP contribution in [0.25, 0.3) is 10.1 Å². The first-order valence-corrected chi connectivity index (χ1v) is 3.99. The molecule has 1 heterocycles. The highest BCUT2D eigenvalue weighted by Gasteiger charge is 2.02. The SMILES string of the molecule is Oc1cc2cccc(O)c2s1. The van der Waals surface area contributed by atoms with Crippen LogP contribution < -0.4 is 0 Å². The van der Waals surface area contributed by atoms with Crippen molar-refractivity contribution in [1.29, 1.82) is 0 Å². The van der Waals surface area contributed by atoms with Crippen LogP contribution in [0, 0.1) is 0 Å². The molecule has 0 fully saturated rings. The maximum atomic E-state index is 9.28. The Balaban J connectivity index is 2.90. The Labute approximate surface area is 67.3 Å². The first kappa shape index (κ1) is 6.49. The molecule has 0 bridgehead atoms. The molecule has 2 N–H and O–H groups in total. The third kappa shape index (κ3) is 0.935. The maximum absolute atomic E-state index is 9.28. The number of hydrogen-bond donors (Lipinski definition) is 2. The number of phenols is 1. The van der Waals surface area contributed by atoms with E-state index in [9.17, 15) is 5.11 Å². The Morgan fingerprint density at radius 3 is 2.73 bits per heavy atom. The molecule has 0 atom stereocenters. The van der Waals surface area contributed by atoms with Crippen molar-refractivity contribution >= 4 is 21.4 Å². The molecule has 0 spiro atoms. The topological polar surface area (TPSA) is 40.5 Å². The first-order valence-electron chi connectivity index (χ1n) is 3.18. The fourth-order valence-corrected chi connectivity index (χ4v) is 1.85. The second-order valence-corrected chi connectivity index (χ2v) is 3.31. The molecule has 1 aromatic carbocycles. The first-order chi connectivity index (χ1) is 5.27. The van der Waals surface area contributed by atoms with Gasteiger partial charge in [0.2, 0.25) is 0 Å². The summed E-state index contributed by atoms with van der Waals surface area (Å²) in [6, 6.07) is 6.85. The Hall–Kier alpha value is -1.22. The standard InChI is InChI=1S/C8H6O2S/c9-6-3-1-2-5-4-7(10)11-8(5)6/h1-4,9-10H. The highest BCUT2D eigenvalue weighted by Crippen LogP contribution is 2.35. The van der Waals surface area contributed by atoms with Gasteiger partial charge in [-0.1, -0.05) is 23.5 Å². The largest absolute Gasteiger partial charge is 0.506 e. The van der Waals surface area contributed by atoms with Gasteiger partial charge in [0.05, 0.1) is 4.70 Å². The molecule has 0 aliphatic heterocycles. The van der Waals surface area contributed by atoms with Crippen LogP contribution in [-0.2, 0) is 0 Å². The van der Waals surface area contributed by atoms with Gasteiger partial charge in [-0.3, -0.25) is 0 Å². The summed E-state index contributed by atoms with van der Waals surface area (Å²) >= 11 is 1.18. The zero-order valence-electron chi connectivity index (χ0n) is 5.61. The minimum atomic E-state index is 0.229. The highest BCUT2D eigenvalue weighted by molar-refractivity contribution is 7.21. The van der Waals surface area contributed by atoms with Crippen molar-refractivity contribution < 1.29 is 10.2 Å². The normalized spacial score (nSPS) is 10.5. The van der Waals surface area contributed by atoms with Crippen LogP contribution in [0.1, 0.15) is 0 Å². The van der Waals surface area contributed by atoms with E-state index < -0.39 is 0 Å². The number of fused-ring (bicyclic) bond motifs is 1. The van der Waals surface area contributed by atoms with E-state index in [0.717, 1.165) is 10.1 Å². The zero-order valence-corrected chi connectivity index (χ0v) is 6.43. The van der Waals surface area contributed by atoms with E-state index in [4.69, 9.17) is 5.11 Å². The summed E-state index contributed by atoms with van der Waals surface area (Å²) in [4.78, 5) is 0. The minimum Gasteiger partial charge on any atom is -0.506 e. The van der Waals surface area contributed by atoms with Crippen molar-refractivity contribution in [2.75, 3.05) is 0 Å². The summed E-state index contributed by atoms with van der Waals surface area (Å²) in [5.74, 6) is 0.229. The average Bonchev–Trinajstić information content (AvgIpc) is 2.31. The fraction of sp³-hybridized carbons (Fsp3) is 0. The molecule has 56 valence electrons. The summed E-state index contributed by atoms with van der Waals surface area (Å²) in [6.45, 7) is 0. The fourth-order valence-electron chi connectivity index (χ4n) is 1.03. The number of rotatable bonds is 0. The second-order valence-electron chi connectivity index (χ2n) is 2.28. The Morgan fingerprint density at radius 2 is 2.00 bits per heavy atom. The Morgan fingerprint density at radius 1 is 1.18 bits per heavy atom. The second kappa shape index (κ2) is 2.13. The lowest BCUT2D eigenvalue weighted by molar-refractivity contribution is 0.482. The lowest BCUT2D eigenvalue weighted by atomic mass is 10.2. The van der Waals surface area contributed by atoms with Gasteiger partial charge in [-0.25, -0.2) is 0 Å². The van der Waals surface area contributed by atoms with Crippen molar-refractivity contribution in [1.82, 2.24) is 0 Å². The van der Waals surface area contributed by atoms with Crippen molar-refractivity contribution in [3.63, 3.8) is 0 Å². The minimum absolute atomic E-state index is 0.229. The van der Waals surface area contributed by atoms with Crippen LogP contribution in [-0.4, -0.2) is 10.2 Å². The smallest absolute Gasteiger partial charge is 0.172 e. The van der Waals surface area contributed by atoms with Gasteiger partial charge in [-0.2, -0.15) is 0 Å². The monoisotopic (exact) mass is 166 g/mol. The molecule has 11 heavy (non-hydrogen) atoms. The van der Waals surface area contributed by atoms with Crippen LogP contribution in [0.15, 0.2) is 24.3 Å². The molecule has 2 rings (SSSR count). The van der Waals surface area contributed by atoms with Crippen molar-refractivity contribution in [2.24, 2.45) is 0 Å². The van der Waals surface area contributed by atoms with Gasteiger partial charge in [0, 0.05) is 5.39 Å². The van der Waals surface area contributed by atoms with E-state index >= 15 is 0 Å². The molecule has 1 aromatic heterocycles. The summed E-state index contributed by atoms with van der Waals surface area (Å²) in [5.41, 5.74) is 0. The molecule has 0 saturated carbocycles. The molecule has 2 aromatic rings. The van der Waals surface area contributed by atoms with E-state index in [-0.39, 0.29) is 10.8 Å². The molecular formula is C8H6O2S. The Kier molecular flexibility index (Phi) is 1.26. The summed E-state index contributed by atoms with van der Waals surface area (Å²) in [7, 11) is 0. The zero-order chi connectivity index (χ0) is 7.84. The van der Waals surface area contributed by atoms with E-state index in [1.807, 2.05) is 6.07 Å². The summed E-state index contributed by atoms with van der Waals surface area (Å²) in [6.07, 6.45) is 0. The van der Waals surface area contributed by atoms with Gasteiger partial charge in [-0.05, 0) is 12.1 Å². The number of benzene rings is 1. The molecular weight excluding hydrogens is 160 g/mol. The highest BCUT2D eigenvalue weighted by atomic mass is 32.1. The third-order valence-electron chi connectivity index (χ3n) is 1.51. The van der Waals surface area contributed by atoms with E-state index in [1.165, 1.54) is 11.3 Å². The van der Waals surface area contributed by atoms with E-state index in [0.29, 0.717) is 0 Å². The van der Waals surface area contributed by atoms with Crippen LogP contribution >= 0.6 is 11.3 Å². The molecule has 0 amide bonds. The van der Waals surface area contributed by atoms with Crippen molar-refractivity contribution in [3.8, 4) is 10.8 Å². The predicted octanol–water partition coefficient (Wildman–Crippen LogP) is 2.31. The molecule has 0 aliphatic rings. The molecule has 0 saturated heterocycles. The third-order valence-corrected chi connectivity index (χ3v) is 2.49. The van der Waals surface area contributed by atoms with Crippen molar-refractivity contribution in [3.05, 3.63) is 24.3 Å². The van der Waals surface area contributed by atoms with Crippen LogP contribution in [0.5, 0.6) is 10.8 Å². The quantitative estimate of drug-likeness (QED) is 0.630. The van der Waals surface area contributed by atoms with Crippen molar-refractivity contribution in [2.45, 2.75) is 0 Å². The number of aromatic hydroxyl groups is 2. The van der Waals surface area contributed by atoms with Gasteiger partial charge in [0.1, 0.15) is 5.75 Å². The van der Waals surface area contributed by atoms with Gasteiger partial charge in [0.25, 0.3) is 0 Å². The molecule has 0 aliphatic carbocycles. The van der Waals surface area contributed by atoms with Gasteiger partial charge in [-0.15, -0.1) is 0 Å². The molecule has 3 heteroatoms. The van der Waals surface area contributed by atoms with Gasteiger partial charge < -0.3 is 10.2 Å². The molecule has 2 nitrogen and oxygen atoms in total. The molecule has 0 unspecified atom stereocenters. The van der Waals surface area contributed by atoms with Crippen LogP contribution in [0.2, 0.25) is 0 Å². The van der Waals surface area contributed by atoms with E-state index in [1.54, 1.807) is 18.2 Å². The lowest BCUT2D eigenvalue weighted by Crippen LogP contribution is -1.62. The van der Waals surface area contributed by atoms with Crippen LogP contribution in [0.3, 0.4) is 0 Å². The number of phenolic OH excluding ortho intramolecular Hbond substituents is 1. The Bertz CT molecular complexity index is 392. The number of hydrogen-bond acceptors (Lipinski definition) is 3. The van der Waals surface area contributed by atoms with Crippen LogP contribution in [0.4, 0.5) is 0 Å².